The predicted octanol–water partition coefficient (Wildman–Crippen LogP) is 2.98. The fourth-order valence-corrected chi connectivity index (χ4v) is 3.52. The summed E-state index contributed by atoms with van der Waals surface area (Å²) in [6.45, 7) is 8.19. The molecule has 2 aliphatic rings. The minimum atomic E-state index is -0.483. The van der Waals surface area contributed by atoms with Crippen LogP contribution >= 0.6 is 15.9 Å². The average molecular weight is 385 g/mol. The topological polar surface area (TPSA) is 63.0 Å². The summed E-state index contributed by atoms with van der Waals surface area (Å²) in [5.41, 5.74) is -0.483. The third kappa shape index (κ3) is 3.54. The van der Waals surface area contributed by atoms with Gasteiger partial charge in [0.05, 0.1) is 4.47 Å². The number of furan rings is 1. The molecule has 126 valence electrons. The van der Waals surface area contributed by atoms with Gasteiger partial charge >= 0.3 is 6.09 Å². The Morgan fingerprint density at radius 3 is 2.22 bits per heavy atom. The molecule has 2 aliphatic heterocycles. The molecule has 0 radical (unpaired) electrons. The summed E-state index contributed by atoms with van der Waals surface area (Å²) in [6.07, 6.45) is 1.24. The number of hydrogen-bond acceptors (Lipinski definition) is 4. The summed E-state index contributed by atoms with van der Waals surface area (Å²) in [5, 5.41) is 0. The number of carbonyl (C=O) groups excluding carboxylic acids is 2. The number of ether oxygens (including phenoxy) is 1. The zero-order chi connectivity index (χ0) is 16.8. The lowest BCUT2D eigenvalue weighted by Crippen LogP contribution is -2.38. The fourth-order valence-electron chi connectivity index (χ4n) is 3.22. The van der Waals surface area contributed by atoms with E-state index >= 15 is 0 Å². The highest BCUT2D eigenvalue weighted by Crippen LogP contribution is 2.33. The highest BCUT2D eigenvalue weighted by atomic mass is 79.9. The van der Waals surface area contributed by atoms with Crippen molar-refractivity contribution < 1.29 is 18.7 Å². The number of fused-ring (bicyclic) bond motifs is 1. The monoisotopic (exact) mass is 384 g/mol. The van der Waals surface area contributed by atoms with Crippen molar-refractivity contribution in [2.75, 3.05) is 26.2 Å². The largest absolute Gasteiger partial charge is 0.458 e. The number of halogens is 1. The third-order valence-electron chi connectivity index (χ3n) is 4.20. The minimum absolute atomic E-state index is 0.0890. The Morgan fingerprint density at radius 1 is 1.17 bits per heavy atom. The van der Waals surface area contributed by atoms with Gasteiger partial charge in [0.2, 0.25) is 0 Å². The van der Waals surface area contributed by atoms with Crippen molar-refractivity contribution in [2.45, 2.75) is 26.4 Å². The number of carbonyl (C=O) groups is 2. The van der Waals surface area contributed by atoms with E-state index in [1.54, 1.807) is 11.0 Å². The van der Waals surface area contributed by atoms with Crippen molar-refractivity contribution in [3.05, 3.63) is 22.6 Å². The van der Waals surface area contributed by atoms with Gasteiger partial charge in [-0.25, -0.2) is 4.79 Å². The van der Waals surface area contributed by atoms with Crippen molar-refractivity contribution >= 4 is 27.9 Å². The van der Waals surface area contributed by atoms with Crippen LogP contribution in [0.25, 0.3) is 0 Å². The smallest absolute Gasteiger partial charge is 0.410 e. The molecule has 0 aliphatic carbocycles. The van der Waals surface area contributed by atoms with E-state index in [-0.39, 0.29) is 12.0 Å². The van der Waals surface area contributed by atoms with Crippen molar-refractivity contribution in [1.82, 2.24) is 9.80 Å². The Balaban J connectivity index is 1.57. The second kappa shape index (κ2) is 5.85. The molecule has 7 heteroatoms. The highest BCUT2D eigenvalue weighted by Gasteiger charge is 2.44. The fraction of sp³-hybridized carbons (Fsp3) is 0.625. The molecule has 2 atom stereocenters. The van der Waals surface area contributed by atoms with E-state index in [0.717, 1.165) is 4.47 Å². The lowest BCUT2D eigenvalue weighted by atomic mass is 10.0. The van der Waals surface area contributed by atoms with Gasteiger partial charge < -0.3 is 19.0 Å². The summed E-state index contributed by atoms with van der Waals surface area (Å²) in [7, 11) is 0. The quantitative estimate of drug-likeness (QED) is 0.746. The van der Waals surface area contributed by atoms with E-state index in [9.17, 15) is 9.59 Å². The first kappa shape index (κ1) is 16.4. The van der Waals surface area contributed by atoms with Crippen molar-refractivity contribution in [1.29, 1.82) is 0 Å². The molecule has 2 fully saturated rings. The van der Waals surface area contributed by atoms with Gasteiger partial charge in [-0.15, -0.1) is 0 Å². The van der Waals surface area contributed by atoms with Crippen LogP contribution in [0.15, 0.2) is 21.2 Å². The Hall–Kier alpha value is -1.50. The van der Waals surface area contributed by atoms with Crippen LogP contribution in [0.5, 0.6) is 0 Å². The van der Waals surface area contributed by atoms with E-state index in [4.69, 9.17) is 9.15 Å². The first-order valence-electron chi connectivity index (χ1n) is 7.74. The molecule has 3 rings (SSSR count). The summed E-state index contributed by atoms with van der Waals surface area (Å²) in [6, 6.07) is 1.68. The van der Waals surface area contributed by atoms with Crippen molar-refractivity contribution in [3.8, 4) is 0 Å². The Labute approximate surface area is 143 Å². The number of likely N-dealkylation sites (tertiary alicyclic amines) is 2. The first-order chi connectivity index (χ1) is 10.7. The van der Waals surface area contributed by atoms with Crippen LogP contribution in [0, 0.1) is 11.8 Å². The first-order valence-corrected chi connectivity index (χ1v) is 8.53. The predicted molar refractivity (Wildman–Crippen MR) is 87.1 cm³/mol. The van der Waals surface area contributed by atoms with Gasteiger partial charge in [-0.05, 0) is 36.7 Å². The van der Waals surface area contributed by atoms with Crippen LogP contribution in [0.4, 0.5) is 4.79 Å². The molecule has 2 unspecified atom stereocenters. The molecule has 0 saturated carbocycles. The molecule has 0 bridgehead atoms. The van der Waals surface area contributed by atoms with Gasteiger partial charge in [0, 0.05) is 44.1 Å². The number of nitrogens with zero attached hydrogens (tertiary/aromatic N) is 2. The number of amides is 2. The van der Waals surface area contributed by atoms with Gasteiger partial charge in [-0.1, -0.05) is 0 Å². The molecule has 1 aromatic heterocycles. The highest BCUT2D eigenvalue weighted by molar-refractivity contribution is 9.10. The average Bonchev–Trinajstić information content (AvgIpc) is 3.08. The summed E-state index contributed by atoms with van der Waals surface area (Å²) < 4.78 is 11.4. The van der Waals surface area contributed by atoms with Crippen LogP contribution in [0.3, 0.4) is 0 Å². The van der Waals surface area contributed by atoms with Crippen LogP contribution in [0.2, 0.25) is 0 Å². The zero-order valence-electron chi connectivity index (χ0n) is 13.5. The number of hydrogen-bond donors (Lipinski definition) is 0. The Kier molecular flexibility index (Phi) is 4.16. The molecule has 6 nitrogen and oxygen atoms in total. The van der Waals surface area contributed by atoms with Gasteiger partial charge in [-0.2, -0.15) is 0 Å². The van der Waals surface area contributed by atoms with E-state index in [1.165, 1.54) is 6.26 Å². The van der Waals surface area contributed by atoms with Crippen molar-refractivity contribution in [2.24, 2.45) is 11.8 Å². The molecular formula is C16H21BrN2O4. The molecule has 2 amide bonds. The van der Waals surface area contributed by atoms with Gasteiger partial charge in [0.1, 0.15) is 11.9 Å². The Bertz CT molecular complexity index is 608. The van der Waals surface area contributed by atoms with E-state index < -0.39 is 5.60 Å². The van der Waals surface area contributed by atoms with Crippen LogP contribution in [0.1, 0.15) is 31.3 Å². The normalized spacial score (nSPS) is 24.0. The molecule has 0 spiro atoms. The Morgan fingerprint density at radius 2 is 1.74 bits per heavy atom. The standard InChI is InChI=1S/C16H21BrN2O4/c1-16(2,3)23-15(21)19-7-10-5-18(6-11(10)8-19)14(20)13-4-12(17)9-22-13/h4,9-11H,5-8H2,1-3H3. The van der Waals surface area contributed by atoms with Gasteiger partial charge in [0.15, 0.2) is 5.76 Å². The minimum Gasteiger partial charge on any atom is -0.458 e. The SMILES string of the molecule is CC(C)(C)OC(=O)N1CC2CN(C(=O)c3cc(Br)co3)CC2C1. The van der Waals surface area contributed by atoms with Crippen molar-refractivity contribution in [3.63, 3.8) is 0 Å². The molecule has 23 heavy (non-hydrogen) atoms. The summed E-state index contributed by atoms with van der Waals surface area (Å²) >= 11 is 3.28. The van der Waals surface area contributed by atoms with Crippen LogP contribution < -0.4 is 0 Å². The van der Waals surface area contributed by atoms with Gasteiger partial charge in [-0.3, -0.25) is 4.79 Å². The zero-order valence-corrected chi connectivity index (χ0v) is 15.1. The van der Waals surface area contributed by atoms with Crippen LogP contribution in [-0.2, 0) is 4.74 Å². The third-order valence-corrected chi connectivity index (χ3v) is 4.62. The lowest BCUT2D eigenvalue weighted by Gasteiger charge is -2.25. The second-order valence-electron chi connectivity index (χ2n) is 7.24. The molecular weight excluding hydrogens is 364 g/mol. The maximum atomic E-state index is 12.4. The van der Waals surface area contributed by atoms with E-state index in [1.807, 2.05) is 25.7 Å². The maximum absolute atomic E-state index is 12.4. The maximum Gasteiger partial charge on any atom is 0.410 e. The molecule has 1 aromatic rings. The lowest BCUT2D eigenvalue weighted by molar-refractivity contribution is 0.0275. The molecule has 2 saturated heterocycles. The van der Waals surface area contributed by atoms with Crippen LogP contribution in [-0.4, -0.2) is 53.6 Å². The van der Waals surface area contributed by atoms with E-state index in [2.05, 4.69) is 15.9 Å². The van der Waals surface area contributed by atoms with Gasteiger partial charge in [0.25, 0.3) is 5.91 Å². The van der Waals surface area contributed by atoms with E-state index in [0.29, 0.717) is 43.8 Å². The molecule has 3 heterocycles. The number of rotatable bonds is 1. The molecule has 0 N–H and O–H groups in total. The summed E-state index contributed by atoms with van der Waals surface area (Å²) in [5.74, 6) is 0.879. The molecule has 0 aromatic carbocycles. The summed E-state index contributed by atoms with van der Waals surface area (Å²) in [4.78, 5) is 28.1. The second-order valence-corrected chi connectivity index (χ2v) is 8.16.